The van der Waals surface area contributed by atoms with Crippen LogP contribution in [0.5, 0.6) is 0 Å². The summed E-state index contributed by atoms with van der Waals surface area (Å²) < 4.78 is 0. The number of nitrogens with one attached hydrogen (secondary N) is 2. The van der Waals surface area contributed by atoms with E-state index in [1.165, 1.54) is 65.5 Å². The monoisotopic (exact) mass is 460 g/mol. The summed E-state index contributed by atoms with van der Waals surface area (Å²) in [5.74, 6) is 0. The van der Waals surface area contributed by atoms with Gasteiger partial charge >= 0.3 is 0 Å². The Labute approximate surface area is 208 Å². The lowest BCUT2D eigenvalue weighted by Gasteiger charge is -2.04. The van der Waals surface area contributed by atoms with Crippen LogP contribution in [-0.2, 0) is 0 Å². The summed E-state index contributed by atoms with van der Waals surface area (Å²) in [5.41, 5.74) is 7.21. The highest BCUT2D eigenvalue weighted by Gasteiger charge is 2.11. The molecule has 0 atom stereocenters. The van der Waals surface area contributed by atoms with E-state index in [0.717, 1.165) is 0 Å². The number of aromatic amines is 2. The molecule has 0 aliphatic heterocycles. The van der Waals surface area contributed by atoms with Gasteiger partial charge in [-0.1, -0.05) is 97.1 Å². The van der Waals surface area contributed by atoms with Crippen LogP contribution in [0.3, 0.4) is 0 Å². The van der Waals surface area contributed by atoms with Gasteiger partial charge in [0.05, 0.1) is 0 Å². The van der Waals surface area contributed by atoms with Crippen molar-refractivity contribution in [2.45, 2.75) is 0 Å². The van der Waals surface area contributed by atoms with Crippen molar-refractivity contribution < 1.29 is 0 Å². The molecule has 0 bridgehead atoms. The number of aromatic nitrogens is 2. The van der Waals surface area contributed by atoms with Crippen molar-refractivity contribution in [1.29, 1.82) is 0 Å². The predicted molar refractivity (Wildman–Crippen MR) is 155 cm³/mol. The summed E-state index contributed by atoms with van der Waals surface area (Å²) in [7, 11) is 0. The number of hydrogen-bond acceptors (Lipinski definition) is 0. The Bertz CT molecular complexity index is 1960. The summed E-state index contributed by atoms with van der Waals surface area (Å²) >= 11 is 0. The van der Waals surface area contributed by atoms with E-state index < -0.39 is 0 Å². The van der Waals surface area contributed by atoms with Crippen LogP contribution < -0.4 is 0 Å². The molecule has 2 aromatic heterocycles. The van der Waals surface area contributed by atoms with Gasteiger partial charge in [0.1, 0.15) is 0 Å². The second-order valence-corrected chi connectivity index (χ2v) is 9.18. The SMILES string of the molecule is c1ccc2c(c1)ccc1[nH]c3ccc(-c4ccc5[nH]c6ccccc6c5c4)cc3c12.c1ccccc1. The first-order valence-electron chi connectivity index (χ1n) is 12.3. The molecule has 8 rings (SSSR count). The van der Waals surface area contributed by atoms with Gasteiger partial charge in [-0.2, -0.15) is 0 Å². The molecule has 0 amide bonds. The summed E-state index contributed by atoms with van der Waals surface area (Å²) in [5, 5.41) is 7.69. The van der Waals surface area contributed by atoms with Crippen LogP contribution in [-0.4, -0.2) is 9.97 Å². The largest absolute Gasteiger partial charge is 0.355 e. The number of H-pyrrole nitrogens is 2. The van der Waals surface area contributed by atoms with E-state index >= 15 is 0 Å². The summed E-state index contributed by atoms with van der Waals surface area (Å²) in [6, 6.07) is 47.0. The average molecular weight is 461 g/mol. The fraction of sp³-hybridized carbons (Fsp3) is 0. The van der Waals surface area contributed by atoms with E-state index in [2.05, 4.69) is 107 Å². The van der Waals surface area contributed by atoms with Crippen LogP contribution in [0.1, 0.15) is 0 Å². The molecule has 8 aromatic rings. The molecule has 6 aromatic carbocycles. The maximum absolute atomic E-state index is 3.59. The fourth-order valence-electron chi connectivity index (χ4n) is 5.26. The molecule has 2 heteroatoms. The first-order valence-corrected chi connectivity index (χ1v) is 12.3. The maximum Gasteiger partial charge on any atom is 0.0471 e. The van der Waals surface area contributed by atoms with Gasteiger partial charge < -0.3 is 9.97 Å². The number of fused-ring (bicyclic) bond motifs is 8. The zero-order valence-electron chi connectivity index (χ0n) is 19.7. The number of benzene rings is 6. The normalized spacial score (nSPS) is 11.3. The van der Waals surface area contributed by atoms with Crippen molar-refractivity contribution in [2.24, 2.45) is 0 Å². The van der Waals surface area contributed by atoms with Crippen molar-refractivity contribution in [3.8, 4) is 11.1 Å². The Morgan fingerprint density at radius 3 is 1.61 bits per heavy atom. The Morgan fingerprint density at radius 2 is 0.861 bits per heavy atom. The van der Waals surface area contributed by atoms with Gasteiger partial charge in [-0.25, -0.2) is 0 Å². The third kappa shape index (κ3) is 3.43. The molecule has 0 saturated carbocycles. The first kappa shape index (κ1) is 20.5. The van der Waals surface area contributed by atoms with Crippen LogP contribution >= 0.6 is 0 Å². The highest BCUT2D eigenvalue weighted by atomic mass is 14.7. The van der Waals surface area contributed by atoms with E-state index in [-0.39, 0.29) is 0 Å². The molecule has 0 fully saturated rings. The zero-order chi connectivity index (χ0) is 23.9. The van der Waals surface area contributed by atoms with Gasteiger partial charge in [-0.05, 0) is 58.3 Å². The number of rotatable bonds is 1. The van der Waals surface area contributed by atoms with Gasteiger partial charge in [-0.15, -0.1) is 0 Å². The van der Waals surface area contributed by atoms with Crippen molar-refractivity contribution >= 4 is 54.4 Å². The summed E-state index contributed by atoms with van der Waals surface area (Å²) in [4.78, 5) is 7.11. The predicted octanol–water partition coefficient (Wildman–Crippen LogP) is 9.46. The topological polar surface area (TPSA) is 31.6 Å². The van der Waals surface area contributed by atoms with Crippen molar-refractivity contribution in [3.05, 3.63) is 133 Å². The fourth-order valence-corrected chi connectivity index (χ4v) is 5.26. The van der Waals surface area contributed by atoms with E-state index in [1.54, 1.807) is 0 Å². The second kappa shape index (κ2) is 8.44. The molecule has 0 aliphatic rings. The Kier molecular flexibility index (Phi) is 4.82. The van der Waals surface area contributed by atoms with E-state index in [4.69, 9.17) is 0 Å². The van der Waals surface area contributed by atoms with Crippen molar-refractivity contribution in [2.75, 3.05) is 0 Å². The molecular formula is C34H24N2. The minimum Gasteiger partial charge on any atom is -0.355 e. The summed E-state index contributed by atoms with van der Waals surface area (Å²) in [6.07, 6.45) is 0. The van der Waals surface area contributed by atoms with Crippen LogP contribution in [0, 0.1) is 0 Å². The smallest absolute Gasteiger partial charge is 0.0471 e. The molecule has 36 heavy (non-hydrogen) atoms. The molecular weight excluding hydrogens is 436 g/mol. The minimum absolute atomic E-state index is 1.18. The minimum atomic E-state index is 1.18. The second-order valence-electron chi connectivity index (χ2n) is 9.18. The third-order valence-electron chi connectivity index (χ3n) is 6.99. The first-order chi connectivity index (χ1) is 17.8. The lowest BCUT2D eigenvalue weighted by Crippen LogP contribution is -1.79. The average Bonchev–Trinajstić information content (AvgIpc) is 3.52. The van der Waals surface area contributed by atoms with Crippen LogP contribution in [0.2, 0.25) is 0 Å². The van der Waals surface area contributed by atoms with Gasteiger partial charge in [0.25, 0.3) is 0 Å². The lowest BCUT2D eigenvalue weighted by molar-refractivity contribution is 1.54. The van der Waals surface area contributed by atoms with Crippen molar-refractivity contribution in [1.82, 2.24) is 9.97 Å². The molecule has 0 spiro atoms. The molecule has 2 heterocycles. The molecule has 0 aliphatic carbocycles. The number of hydrogen-bond donors (Lipinski definition) is 2. The van der Waals surface area contributed by atoms with E-state index in [9.17, 15) is 0 Å². The van der Waals surface area contributed by atoms with Crippen LogP contribution in [0.25, 0.3) is 65.5 Å². The molecule has 0 unspecified atom stereocenters. The molecule has 0 radical (unpaired) electrons. The Balaban J connectivity index is 0.000000325. The van der Waals surface area contributed by atoms with Crippen LogP contribution in [0.15, 0.2) is 133 Å². The zero-order valence-corrected chi connectivity index (χ0v) is 19.7. The Morgan fingerprint density at radius 1 is 0.333 bits per heavy atom. The highest BCUT2D eigenvalue weighted by molar-refractivity contribution is 6.20. The number of para-hydroxylation sites is 1. The third-order valence-corrected chi connectivity index (χ3v) is 6.99. The van der Waals surface area contributed by atoms with Gasteiger partial charge in [0, 0.05) is 43.6 Å². The molecule has 0 saturated heterocycles. The van der Waals surface area contributed by atoms with Gasteiger partial charge in [0.2, 0.25) is 0 Å². The molecule has 2 N–H and O–H groups in total. The highest BCUT2D eigenvalue weighted by Crippen LogP contribution is 2.36. The van der Waals surface area contributed by atoms with Crippen LogP contribution in [0.4, 0.5) is 0 Å². The maximum atomic E-state index is 3.59. The quantitative estimate of drug-likeness (QED) is 0.244. The summed E-state index contributed by atoms with van der Waals surface area (Å²) in [6.45, 7) is 0. The van der Waals surface area contributed by atoms with E-state index in [0.29, 0.717) is 0 Å². The Hall–Kier alpha value is -4.82. The van der Waals surface area contributed by atoms with Gasteiger partial charge in [-0.3, -0.25) is 0 Å². The van der Waals surface area contributed by atoms with Gasteiger partial charge in [0.15, 0.2) is 0 Å². The standard InChI is InChI=1S/C28H18N2.C6H6/c1-2-6-20-17(5-1)9-14-27-28(20)23-16-19(11-13-26(23)30-27)18-10-12-25-22(15-18)21-7-3-4-8-24(21)29-25;1-2-4-6-5-3-1/h1-16,29-30H;1-6H. The molecule has 170 valence electrons. The lowest BCUT2D eigenvalue weighted by atomic mass is 9.99. The van der Waals surface area contributed by atoms with Crippen molar-refractivity contribution in [3.63, 3.8) is 0 Å². The molecule has 2 nitrogen and oxygen atoms in total. The van der Waals surface area contributed by atoms with E-state index in [1.807, 2.05) is 36.4 Å².